The number of anilines is 1. The molecule has 2 nitrogen and oxygen atoms in total. The number of aryl methyl sites for hydroxylation is 1. The van der Waals surface area contributed by atoms with Crippen LogP contribution in [0.1, 0.15) is 49.7 Å². The van der Waals surface area contributed by atoms with E-state index in [2.05, 4.69) is 24.2 Å². The Labute approximate surface area is 109 Å². The molecule has 0 amide bonds. The van der Waals surface area contributed by atoms with Crippen molar-refractivity contribution in [2.24, 2.45) is 17.8 Å². The van der Waals surface area contributed by atoms with Gasteiger partial charge in [0, 0.05) is 6.20 Å². The number of pyridine rings is 1. The third-order valence-electron chi connectivity index (χ3n) is 5.77. The molecule has 1 aromatic heterocycles. The lowest BCUT2D eigenvalue weighted by Gasteiger charge is -2.57. The summed E-state index contributed by atoms with van der Waals surface area (Å²) in [5, 5.41) is 0. The van der Waals surface area contributed by atoms with E-state index in [1.54, 1.807) is 0 Å². The Balaban J connectivity index is 1.76. The van der Waals surface area contributed by atoms with Crippen molar-refractivity contribution in [2.45, 2.75) is 50.9 Å². The van der Waals surface area contributed by atoms with Gasteiger partial charge in [-0.1, -0.05) is 6.07 Å². The smallest absolute Gasteiger partial charge is 0.126 e. The first-order valence-electron chi connectivity index (χ1n) is 7.37. The summed E-state index contributed by atoms with van der Waals surface area (Å²) >= 11 is 0. The van der Waals surface area contributed by atoms with Crippen LogP contribution in [0, 0.1) is 24.7 Å². The highest BCUT2D eigenvalue weighted by atomic mass is 14.8. The van der Waals surface area contributed by atoms with E-state index in [9.17, 15) is 0 Å². The highest BCUT2D eigenvalue weighted by molar-refractivity contribution is 5.42. The molecule has 4 aliphatic rings. The van der Waals surface area contributed by atoms with Crippen molar-refractivity contribution in [3.05, 3.63) is 23.4 Å². The molecule has 0 spiro atoms. The van der Waals surface area contributed by atoms with Gasteiger partial charge >= 0.3 is 0 Å². The van der Waals surface area contributed by atoms with Gasteiger partial charge in [-0.25, -0.2) is 4.98 Å². The topological polar surface area (TPSA) is 38.9 Å². The third kappa shape index (κ3) is 1.44. The zero-order valence-corrected chi connectivity index (χ0v) is 11.2. The van der Waals surface area contributed by atoms with Crippen LogP contribution >= 0.6 is 0 Å². The monoisotopic (exact) mass is 242 g/mol. The van der Waals surface area contributed by atoms with Crippen LogP contribution in [0.25, 0.3) is 0 Å². The fraction of sp³-hybridized carbons (Fsp3) is 0.688. The van der Waals surface area contributed by atoms with Crippen LogP contribution in [0.15, 0.2) is 12.3 Å². The molecule has 0 radical (unpaired) electrons. The minimum atomic E-state index is 0.459. The van der Waals surface area contributed by atoms with Gasteiger partial charge < -0.3 is 5.73 Å². The number of nitrogens with two attached hydrogens (primary N) is 1. The SMILES string of the molecule is Cc1cc(C23CC4CC(CC(C4)C2)C3)cnc1N. The second-order valence-corrected chi connectivity index (χ2v) is 7.12. The normalized spacial score (nSPS) is 41.3. The number of hydrogen-bond acceptors (Lipinski definition) is 2. The van der Waals surface area contributed by atoms with E-state index in [4.69, 9.17) is 5.73 Å². The fourth-order valence-electron chi connectivity index (χ4n) is 5.34. The van der Waals surface area contributed by atoms with Gasteiger partial charge in [0.25, 0.3) is 0 Å². The maximum absolute atomic E-state index is 5.87. The van der Waals surface area contributed by atoms with Crippen LogP contribution < -0.4 is 5.73 Å². The van der Waals surface area contributed by atoms with E-state index in [1.807, 2.05) is 0 Å². The predicted octanol–water partition coefficient (Wildman–Crippen LogP) is 3.44. The van der Waals surface area contributed by atoms with E-state index in [0.29, 0.717) is 11.2 Å². The lowest BCUT2D eigenvalue weighted by atomic mass is 9.48. The lowest BCUT2D eigenvalue weighted by Crippen LogP contribution is -2.48. The largest absolute Gasteiger partial charge is 0.383 e. The molecule has 2 heteroatoms. The molecule has 1 heterocycles. The highest BCUT2D eigenvalue weighted by Gasteiger charge is 2.51. The molecule has 4 fully saturated rings. The van der Waals surface area contributed by atoms with Gasteiger partial charge in [0.05, 0.1) is 0 Å². The summed E-state index contributed by atoms with van der Waals surface area (Å²) in [7, 11) is 0. The number of aromatic nitrogens is 1. The zero-order chi connectivity index (χ0) is 12.3. The Morgan fingerprint density at radius 1 is 1.11 bits per heavy atom. The minimum absolute atomic E-state index is 0.459. The second-order valence-electron chi connectivity index (χ2n) is 7.12. The van der Waals surface area contributed by atoms with Gasteiger partial charge in [0.15, 0.2) is 0 Å². The summed E-state index contributed by atoms with van der Waals surface area (Å²) in [5.41, 5.74) is 8.96. The molecule has 0 aromatic carbocycles. The zero-order valence-electron chi connectivity index (χ0n) is 11.2. The molecular weight excluding hydrogens is 220 g/mol. The van der Waals surface area contributed by atoms with E-state index in [1.165, 1.54) is 44.1 Å². The van der Waals surface area contributed by atoms with Crippen LogP contribution in [0.4, 0.5) is 5.82 Å². The second kappa shape index (κ2) is 3.49. The molecule has 4 bridgehead atoms. The summed E-state index contributed by atoms with van der Waals surface area (Å²) in [4.78, 5) is 4.41. The Morgan fingerprint density at radius 2 is 1.67 bits per heavy atom. The lowest BCUT2D eigenvalue weighted by molar-refractivity contribution is -0.00534. The molecule has 4 aliphatic carbocycles. The average Bonchev–Trinajstić information content (AvgIpc) is 2.31. The average molecular weight is 242 g/mol. The van der Waals surface area contributed by atoms with Crippen molar-refractivity contribution in [3.63, 3.8) is 0 Å². The first-order valence-corrected chi connectivity index (χ1v) is 7.37. The predicted molar refractivity (Wildman–Crippen MR) is 73.2 cm³/mol. The van der Waals surface area contributed by atoms with Crippen LogP contribution in [-0.4, -0.2) is 4.98 Å². The minimum Gasteiger partial charge on any atom is -0.383 e. The van der Waals surface area contributed by atoms with E-state index in [-0.39, 0.29) is 0 Å². The third-order valence-corrected chi connectivity index (χ3v) is 5.77. The van der Waals surface area contributed by atoms with Gasteiger partial charge in [0.2, 0.25) is 0 Å². The molecule has 5 rings (SSSR count). The first-order chi connectivity index (χ1) is 8.64. The van der Waals surface area contributed by atoms with Gasteiger partial charge in [-0.15, -0.1) is 0 Å². The Bertz CT molecular complexity index is 457. The van der Waals surface area contributed by atoms with Crippen LogP contribution in [0.2, 0.25) is 0 Å². The summed E-state index contributed by atoms with van der Waals surface area (Å²) in [5.74, 6) is 3.68. The van der Waals surface area contributed by atoms with E-state index < -0.39 is 0 Å². The quantitative estimate of drug-likeness (QED) is 0.819. The summed E-state index contributed by atoms with van der Waals surface area (Å²) < 4.78 is 0. The molecule has 2 N–H and O–H groups in total. The van der Waals surface area contributed by atoms with Crippen LogP contribution in [-0.2, 0) is 5.41 Å². The highest BCUT2D eigenvalue weighted by Crippen LogP contribution is 2.60. The summed E-state index contributed by atoms with van der Waals surface area (Å²) in [6.07, 6.45) is 10.8. The van der Waals surface area contributed by atoms with Crippen molar-refractivity contribution in [1.29, 1.82) is 0 Å². The maximum Gasteiger partial charge on any atom is 0.126 e. The van der Waals surface area contributed by atoms with E-state index >= 15 is 0 Å². The molecule has 96 valence electrons. The summed E-state index contributed by atoms with van der Waals surface area (Å²) in [6.45, 7) is 2.09. The van der Waals surface area contributed by atoms with Crippen LogP contribution in [0.5, 0.6) is 0 Å². The molecule has 1 aromatic rings. The van der Waals surface area contributed by atoms with Crippen molar-refractivity contribution < 1.29 is 0 Å². The summed E-state index contributed by atoms with van der Waals surface area (Å²) in [6, 6.07) is 2.31. The van der Waals surface area contributed by atoms with Gasteiger partial charge in [-0.2, -0.15) is 0 Å². The molecule has 0 atom stereocenters. The van der Waals surface area contributed by atoms with Crippen molar-refractivity contribution in [1.82, 2.24) is 4.98 Å². The van der Waals surface area contributed by atoms with Gasteiger partial charge in [0.1, 0.15) is 5.82 Å². The number of rotatable bonds is 1. The number of nitrogens with zero attached hydrogens (tertiary/aromatic N) is 1. The Hall–Kier alpha value is -1.05. The van der Waals surface area contributed by atoms with Crippen LogP contribution in [0.3, 0.4) is 0 Å². The van der Waals surface area contributed by atoms with Crippen molar-refractivity contribution in [2.75, 3.05) is 5.73 Å². The molecule has 0 aliphatic heterocycles. The standard InChI is InChI=1S/C16H22N2/c1-10-2-14(9-18-15(10)17)16-6-11-3-12(7-16)5-13(4-11)8-16/h2,9,11-13H,3-8H2,1H3,(H2,17,18). The van der Waals surface area contributed by atoms with Gasteiger partial charge in [-0.05, 0) is 79.7 Å². The molecule has 0 unspecified atom stereocenters. The first kappa shape index (κ1) is 10.8. The number of nitrogen functional groups attached to an aromatic ring is 1. The van der Waals surface area contributed by atoms with Crippen molar-refractivity contribution in [3.8, 4) is 0 Å². The molecule has 18 heavy (non-hydrogen) atoms. The van der Waals surface area contributed by atoms with E-state index in [0.717, 1.165) is 23.3 Å². The molecule has 0 saturated heterocycles. The maximum atomic E-state index is 5.87. The number of hydrogen-bond donors (Lipinski definition) is 1. The molecule has 4 saturated carbocycles. The Morgan fingerprint density at radius 3 is 2.17 bits per heavy atom. The molecular formula is C16H22N2. The van der Waals surface area contributed by atoms with Crippen molar-refractivity contribution >= 4 is 5.82 Å². The fourth-order valence-corrected chi connectivity index (χ4v) is 5.34. The van der Waals surface area contributed by atoms with Gasteiger partial charge in [-0.3, -0.25) is 0 Å². The Kier molecular flexibility index (Phi) is 2.10.